The van der Waals surface area contributed by atoms with Crippen molar-refractivity contribution in [3.05, 3.63) is 34.4 Å². The van der Waals surface area contributed by atoms with Crippen molar-refractivity contribution in [1.82, 2.24) is 4.72 Å². The smallest absolute Gasteiger partial charge is 0.313 e. The highest BCUT2D eigenvalue weighted by molar-refractivity contribution is 7.89. The molecule has 0 bridgehead atoms. The molecule has 0 amide bonds. The molecule has 8 nitrogen and oxygen atoms in total. The molecule has 1 atom stereocenters. The van der Waals surface area contributed by atoms with Crippen LogP contribution in [0, 0.1) is 15.5 Å². The van der Waals surface area contributed by atoms with Crippen LogP contribution in [0.2, 0.25) is 0 Å². The lowest BCUT2D eigenvalue weighted by molar-refractivity contribution is -0.384. The van der Waals surface area contributed by atoms with Gasteiger partial charge in [0, 0.05) is 12.1 Å². The summed E-state index contributed by atoms with van der Waals surface area (Å²) in [5.74, 6) is -0.368. The van der Waals surface area contributed by atoms with Crippen LogP contribution < -0.4 is 4.72 Å². The van der Waals surface area contributed by atoms with Gasteiger partial charge in [0.05, 0.1) is 21.3 Å². The Bertz CT molecular complexity index is 738. The monoisotopic (exact) mass is 370 g/mol. The minimum atomic E-state index is -3.92. The van der Waals surface area contributed by atoms with Gasteiger partial charge < -0.3 is 4.74 Å². The first-order valence-corrected chi connectivity index (χ1v) is 9.69. The maximum atomic E-state index is 12.6. The van der Waals surface area contributed by atoms with E-state index in [4.69, 9.17) is 4.74 Å². The molecule has 25 heavy (non-hydrogen) atoms. The van der Waals surface area contributed by atoms with Crippen molar-refractivity contribution < 1.29 is 22.9 Å². The molecular weight excluding hydrogens is 348 g/mol. The fraction of sp³-hybridized carbons (Fsp3) is 0.562. The first-order valence-electron chi connectivity index (χ1n) is 8.21. The van der Waals surface area contributed by atoms with Crippen molar-refractivity contribution >= 4 is 21.7 Å². The van der Waals surface area contributed by atoms with E-state index < -0.39 is 26.4 Å². The number of non-ortho nitro benzene ring substituents is 1. The number of hydrogen-bond donors (Lipinski definition) is 1. The van der Waals surface area contributed by atoms with Gasteiger partial charge in [0.15, 0.2) is 0 Å². The first kappa shape index (κ1) is 19.3. The highest BCUT2D eigenvalue weighted by Gasteiger charge is 2.52. The molecular formula is C16H22N2O6S. The van der Waals surface area contributed by atoms with Crippen LogP contribution in [0.5, 0.6) is 0 Å². The zero-order valence-corrected chi connectivity index (χ0v) is 15.0. The van der Waals surface area contributed by atoms with E-state index in [2.05, 4.69) is 4.72 Å². The minimum absolute atomic E-state index is 0.00888. The Balaban J connectivity index is 2.28. The van der Waals surface area contributed by atoms with Crippen LogP contribution in [-0.2, 0) is 19.6 Å². The Kier molecular flexibility index (Phi) is 5.79. The van der Waals surface area contributed by atoms with Crippen LogP contribution in [-0.4, -0.2) is 32.0 Å². The summed E-state index contributed by atoms with van der Waals surface area (Å²) in [6, 6.07) is 3.98. The van der Waals surface area contributed by atoms with Crippen molar-refractivity contribution in [2.75, 3.05) is 6.61 Å². The molecule has 0 aliphatic carbocycles. The average molecular weight is 370 g/mol. The highest BCUT2D eigenvalue weighted by atomic mass is 32.2. The summed E-state index contributed by atoms with van der Waals surface area (Å²) in [6.07, 6.45) is 2.52. The summed E-state index contributed by atoms with van der Waals surface area (Å²) >= 11 is 0. The highest BCUT2D eigenvalue weighted by Crippen LogP contribution is 2.40. The lowest BCUT2D eigenvalue weighted by Gasteiger charge is -2.30. The minimum Gasteiger partial charge on any atom is -0.463 e. The quantitative estimate of drug-likeness (QED) is 0.427. The van der Waals surface area contributed by atoms with E-state index in [9.17, 15) is 23.3 Å². The van der Waals surface area contributed by atoms with Gasteiger partial charge in [0.2, 0.25) is 10.0 Å². The third-order valence-electron chi connectivity index (χ3n) is 4.50. The third kappa shape index (κ3) is 3.82. The van der Waals surface area contributed by atoms with Gasteiger partial charge >= 0.3 is 5.97 Å². The summed E-state index contributed by atoms with van der Waals surface area (Å²) in [5.41, 5.74) is -1.05. The van der Waals surface area contributed by atoms with E-state index in [0.29, 0.717) is 12.8 Å². The number of carbonyl (C=O) groups is 1. The number of cyclic esters (lactones) is 1. The molecule has 1 aliphatic heterocycles. The predicted octanol–water partition coefficient (Wildman–Crippen LogP) is 2.39. The fourth-order valence-corrected chi connectivity index (χ4v) is 4.62. The van der Waals surface area contributed by atoms with E-state index in [1.807, 2.05) is 13.8 Å². The maximum Gasteiger partial charge on any atom is 0.313 e. The topological polar surface area (TPSA) is 116 Å². The fourth-order valence-electron chi connectivity index (χ4n) is 3.32. The predicted molar refractivity (Wildman–Crippen MR) is 90.4 cm³/mol. The van der Waals surface area contributed by atoms with Gasteiger partial charge in [-0.2, -0.15) is 0 Å². The van der Waals surface area contributed by atoms with Crippen molar-refractivity contribution in [2.45, 2.75) is 50.5 Å². The van der Waals surface area contributed by atoms with Crippen molar-refractivity contribution in [1.29, 1.82) is 0 Å². The number of esters is 1. The number of carbonyl (C=O) groups excluding carboxylic acids is 1. The van der Waals surface area contributed by atoms with Gasteiger partial charge in [-0.25, -0.2) is 13.1 Å². The third-order valence-corrected chi connectivity index (χ3v) is 5.99. The standard InChI is InChI=1S/C16H22N2O6S/c1-3-9-16(10-4-2)14(11-24-15(16)19)17-25(22,23)13-7-5-12(6-8-13)18(20)21/h5-8,14,17H,3-4,9-11H2,1-2H3. The Hall–Kier alpha value is -2.00. The number of rotatable bonds is 8. The molecule has 138 valence electrons. The molecule has 0 saturated carbocycles. The number of nitro benzene ring substituents is 1. The molecule has 1 aromatic carbocycles. The number of nitrogens with one attached hydrogen (secondary N) is 1. The van der Waals surface area contributed by atoms with Gasteiger partial charge in [-0.3, -0.25) is 14.9 Å². The molecule has 1 unspecified atom stereocenters. The maximum absolute atomic E-state index is 12.6. The Morgan fingerprint density at radius 1 is 1.24 bits per heavy atom. The van der Waals surface area contributed by atoms with E-state index in [0.717, 1.165) is 25.0 Å². The zero-order chi connectivity index (χ0) is 18.7. The van der Waals surface area contributed by atoms with Gasteiger partial charge in [-0.15, -0.1) is 0 Å². The number of nitro groups is 1. The van der Waals surface area contributed by atoms with Gasteiger partial charge in [-0.1, -0.05) is 26.7 Å². The lowest BCUT2D eigenvalue weighted by atomic mass is 9.75. The number of benzene rings is 1. The van der Waals surface area contributed by atoms with Gasteiger partial charge in [-0.05, 0) is 25.0 Å². The molecule has 1 aromatic rings. The van der Waals surface area contributed by atoms with Gasteiger partial charge in [0.25, 0.3) is 5.69 Å². The molecule has 0 radical (unpaired) electrons. The Morgan fingerprint density at radius 2 is 1.80 bits per heavy atom. The Morgan fingerprint density at radius 3 is 2.28 bits per heavy atom. The number of ether oxygens (including phenoxy) is 1. The number of hydrogen-bond acceptors (Lipinski definition) is 6. The van der Waals surface area contributed by atoms with Crippen LogP contribution in [0.4, 0.5) is 5.69 Å². The summed E-state index contributed by atoms with van der Waals surface area (Å²) in [5, 5.41) is 10.7. The molecule has 1 saturated heterocycles. The summed E-state index contributed by atoms with van der Waals surface area (Å²) in [6.45, 7) is 3.86. The van der Waals surface area contributed by atoms with E-state index in [-0.39, 0.29) is 23.2 Å². The SMILES string of the molecule is CCCC1(CCC)C(=O)OCC1NS(=O)(=O)c1ccc([N+](=O)[O-])cc1. The summed E-state index contributed by atoms with van der Waals surface area (Å²) in [7, 11) is -3.92. The summed E-state index contributed by atoms with van der Waals surface area (Å²) in [4.78, 5) is 22.3. The second-order valence-electron chi connectivity index (χ2n) is 6.18. The van der Waals surface area contributed by atoms with E-state index >= 15 is 0 Å². The summed E-state index contributed by atoms with van der Waals surface area (Å²) < 4.78 is 33.0. The normalized spacial score (nSPS) is 19.6. The second-order valence-corrected chi connectivity index (χ2v) is 7.89. The van der Waals surface area contributed by atoms with Crippen LogP contribution in [0.25, 0.3) is 0 Å². The molecule has 2 rings (SSSR count). The molecule has 0 aromatic heterocycles. The first-order chi connectivity index (χ1) is 11.8. The molecule has 9 heteroatoms. The largest absolute Gasteiger partial charge is 0.463 e. The van der Waals surface area contributed by atoms with Gasteiger partial charge in [0.1, 0.15) is 6.61 Å². The van der Waals surface area contributed by atoms with Crippen LogP contribution in [0.3, 0.4) is 0 Å². The zero-order valence-electron chi connectivity index (χ0n) is 14.2. The van der Waals surface area contributed by atoms with Crippen molar-refractivity contribution in [3.63, 3.8) is 0 Å². The molecule has 0 spiro atoms. The second kappa shape index (κ2) is 7.49. The molecule has 1 fully saturated rings. The molecule has 1 heterocycles. The van der Waals surface area contributed by atoms with Crippen LogP contribution in [0.1, 0.15) is 39.5 Å². The van der Waals surface area contributed by atoms with E-state index in [1.54, 1.807) is 0 Å². The van der Waals surface area contributed by atoms with Crippen molar-refractivity contribution in [2.24, 2.45) is 5.41 Å². The molecule has 1 N–H and O–H groups in total. The average Bonchev–Trinajstić information content (AvgIpc) is 2.85. The Labute approximate surface area is 146 Å². The van der Waals surface area contributed by atoms with Crippen LogP contribution in [0.15, 0.2) is 29.2 Å². The van der Waals surface area contributed by atoms with E-state index in [1.165, 1.54) is 12.1 Å². The number of sulfonamides is 1. The lowest BCUT2D eigenvalue weighted by Crippen LogP contribution is -2.48. The van der Waals surface area contributed by atoms with Crippen molar-refractivity contribution in [3.8, 4) is 0 Å². The number of nitrogens with zero attached hydrogens (tertiary/aromatic N) is 1. The molecule has 1 aliphatic rings. The van der Waals surface area contributed by atoms with Crippen LogP contribution >= 0.6 is 0 Å².